The average Bonchev–Trinajstić information content (AvgIpc) is 2.78. The number of amides is 4. The number of anilines is 2. The number of rotatable bonds is 6. The van der Waals surface area contributed by atoms with Crippen molar-refractivity contribution in [1.29, 1.82) is 0 Å². The Bertz CT molecular complexity index is 1080. The number of hydrogen-bond acceptors (Lipinski definition) is 5. The molecule has 11 heteroatoms. The lowest BCUT2D eigenvalue weighted by atomic mass is 10.1. The molecule has 2 aromatic carbocycles. The molecule has 0 spiro atoms. The van der Waals surface area contributed by atoms with Gasteiger partial charge >= 0.3 is 12.2 Å². The maximum absolute atomic E-state index is 13.1. The third-order valence-corrected chi connectivity index (χ3v) is 5.81. The predicted molar refractivity (Wildman–Crippen MR) is 126 cm³/mol. The molecule has 3 N–H and O–H groups in total. The van der Waals surface area contributed by atoms with Gasteiger partial charge in [0.15, 0.2) is 0 Å². The summed E-state index contributed by atoms with van der Waals surface area (Å²) in [4.78, 5) is 40.3. The van der Waals surface area contributed by atoms with Gasteiger partial charge < -0.3 is 10.6 Å². The predicted octanol–water partition coefficient (Wildman–Crippen LogP) is 3.23. The van der Waals surface area contributed by atoms with Crippen molar-refractivity contribution in [1.82, 2.24) is 15.1 Å². The van der Waals surface area contributed by atoms with Crippen LogP contribution in [0.25, 0.3) is 0 Å². The van der Waals surface area contributed by atoms with E-state index < -0.39 is 29.6 Å². The summed E-state index contributed by atoms with van der Waals surface area (Å²) >= 11 is 0. The van der Waals surface area contributed by atoms with Crippen LogP contribution in [0.2, 0.25) is 0 Å². The molecule has 0 radical (unpaired) electrons. The Labute approximate surface area is 201 Å². The summed E-state index contributed by atoms with van der Waals surface area (Å²) in [7, 11) is 0. The van der Waals surface area contributed by atoms with Gasteiger partial charge in [-0.2, -0.15) is 13.2 Å². The Morgan fingerprint density at radius 2 is 1.37 bits per heavy atom. The smallest absolute Gasteiger partial charge is 0.324 e. The van der Waals surface area contributed by atoms with E-state index in [1.54, 1.807) is 11.0 Å². The molecule has 1 saturated heterocycles. The van der Waals surface area contributed by atoms with Gasteiger partial charge in [0.05, 0.1) is 24.3 Å². The maximum atomic E-state index is 13.1. The second-order valence-corrected chi connectivity index (χ2v) is 8.39. The average molecular weight is 492 g/mol. The van der Waals surface area contributed by atoms with Gasteiger partial charge in [-0.3, -0.25) is 24.7 Å². The summed E-state index contributed by atoms with van der Waals surface area (Å²) in [6.07, 6.45) is -4.56. The number of imide groups is 1. The van der Waals surface area contributed by atoms with E-state index in [-0.39, 0.29) is 18.8 Å². The van der Waals surface area contributed by atoms with Crippen molar-refractivity contribution in [3.05, 3.63) is 59.2 Å². The number of hydrogen-bond donors (Lipinski definition) is 3. The molecule has 1 aliphatic heterocycles. The third-order valence-electron chi connectivity index (χ3n) is 5.81. The number of para-hydroxylation sites is 1. The minimum Gasteiger partial charge on any atom is -0.324 e. The Kier molecular flexibility index (Phi) is 8.47. The van der Waals surface area contributed by atoms with E-state index in [0.717, 1.165) is 17.2 Å². The molecule has 0 aliphatic carbocycles. The van der Waals surface area contributed by atoms with Crippen molar-refractivity contribution in [3.63, 3.8) is 0 Å². The first-order chi connectivity index (χ1) is 16.5. The number of halogens is 3. The molecule has 0 aromatic heterocycles. The first-order valence-electron chi connectivity index (χ1n) is 11.1. The van der Waals surface area contributed by atoms with E-state index in [4.69, 9.17) is 0 Å². The van der Waals surface area contributed by atoms with Crippen LogP contribution in [0.1, 0.15) is 16.7 Å². The SMILES string of the molecule is Cc1cccc(NC(=O)NC(=O)CN2CCN(CC(=O)Nc3ccccc3C(F)(F)F)CC2)c1C. The quantitative estimate of drug-likeness (QED) is 0.577. The van der Waals surface area contributed by atoms with Crippen LogP contribution in [0, 0.1) is 13.8 Å². The summed E-state index contributed by atoms with van der Waals surface area (Å²) in [5, 5.41) is 7.31. The van der Waals surface area contributed by atoms with Crippen LogP contribution >= 0.6 is 0 Å². The van der Waals surface area contributed by atoms with Gasteiger partial charge in [-0.1, -0.05) is 24.3 Å². The number of carbonyl (C=O) groups excluding carboxylic acids is 3. The number of urea groups is 1. The molecular formula is C24H28F3N5O3. The van der Waals surface area contributed by atoms with Crippen LogP contribution in [0.15, 0.2) is 42.5 Å². The Morgan fingerprint density at radius 3 is 2.00 bits per heavy atom. The fourth-order valence-electron chi connectivity index (χ4n) is 3.75. The first-order valence-corrected chi connectivity index (χ1v) is 11.1. The fourth-order valence-corrected chi connectivity index (χ4v) is 3.75. The van der Waals surface area contributed by atoms with Crippen molar-refractivity contribution >= 4 is 29.2 Å². The molecule has 35 heavy (non-hydrogen) atoms. The maximum Gasteiger partial charge on any atom is 0.418 e. The molecule has 8 nitrogen and oxygen atoms in total. The molecule has 3 rings (SSSR count). The van der Waals surface area contributed by atoms with E-state index in [9.17, 15) is 27.6 Å². The largest absolute Gasteiger partial charge is 0.418 e. The minimum atomic E-state index is -4.56. The highest BCUT2D eigenvalue weighted by molar-refractivity contribution is 6.02. The third kappa shape index (κ3) is 7.52. The summed E-state index contributed by atoms with van der Waals surface area (Å²) in [5.41, 5.74) is 1.38. The van der Waals surface area contributed by atoms with Crippen LogP contribution in [-0.4, -0.2) is 66.9 Å². The molecule has 0 bridgehead atoms. The molecular weight excluding hydrogens is 463 g/mol. The number of piperazine rings is 1. The second-order valence-electron chi connectivity index (χ2n) is 8.39. The molecule has 2 aromatic rings. The lowest BCUT2D eigenvalue weighted by Gasteiger charge is -2.33. The molecule has 1 fully saturated rings. The number of nitrogens with one attached hydrogen (secondary N) is 3. The van der Waals surface area contributed by atoms with E-state index in [0.29, 0.717) is 31.9 Å². The number of benzene rings is 2. The molecule has 0 saturated carbocycles. The van der Waals surface area contributed by atoms with E-state index in [1.165, 1.54) is 18.2 Å². The van der Waals surface area contributed by atoms with Gasteiger partial charge in [0, 0.05) is 31.9 Å². The standard InChI is InChI=1S/C24H28F3N5O3/c1-16-6-5-9-19(17(16)2)29-23(35)30-22(34)15-32-12-10-31(11-13-32)14-21(33)28-20-8-4-3-7-18(20)24(25,26)27/h3-9H,10-15H2,1-2H3,(H,28,33)(H2,29,30,34,35). The Morgan fingerprint density at radius 1 is 0.800 bits per heavy atom. The molecule has 188 valence electrons. The highest BCUT2D eigenvalue weighted by Crippen LogP contribution is 2.34. The monoisotopic (exact) mass is 491 g/mol. The highest BCUT2D eigenvalue weighted by atomic mass is 19.4. The van der Waals surface area contributed by atoms with Gasteiger partial charge in [-0.05, 0) is 43.2 Å². The van der Waals surface area contributed by atoms with E-state index in [1.807, 2.05) is 30.9 Å². The van der Waals surface area contributed by atoms with Crippen LogP contribution in [0.4, 0.5) is 29.3 Å². The first kappa shape index (κ1) is 26.2. The topological polar surface area (TPSA) is 93.8 Å². The van der Waals surface area contributed by atoms with Crippen LogP contribution in [0.3, 0.4) is 0 Å². The van der Waals surface area contributed by atoms with Gasteiger partial charge in [-0.15, -0.1) is 0 Å². The normalized spacial score (nSPS) is 14.9. The lowest BCUT2D eigenvalue weighted by molar-refractivity contribution is -0.137. The molecule has 4 amide bonds. The van der Waals surface area contributed by atoms with Gasteiger partial charge in [0.1, 0.15) is 0 Å². The van der Waals surface area contributed by atoms with Gasteiger partial charge in [0.2, 0.25) is 11.8 Å². The Hall–Kier alpha value is -3.44. The van der Waals surface area contributed by atoms with E-state index in [2.05, 4.69) is 16.0 Å². The Balaban J connectivity index is 1.41. The number of carbonyl (C=O) groups is 3. The zero-order chi connectivity index (χ0) is 25.6. The van der Waals surface area contributed by atoms with E-state index >= 15 is 0 Å². The van der Waals surface area contributed by atoms with Crippen molar-refractivity contribution in [2.45, 2.75) is 20.0 Å². The zero-order valence-electron chi connectivity index (χ0n) is 19.5. The number of nitrogens with zero attached hydrogens (tertiary/aromatic N) is 2. The minimum absolute atomic E-state index is 0.0131. The molecule has 1 aliphatic rings. The lowest BCUT2D eigenvalue weighted by Crippen LogP contribution is -2.51. The molecule has 1 heterocycles. The summed E-state index contributed by atoms with van der Waals surface area (Å²) in [6.45, 7) is 5.60. The molecule has 0 atom stereocenters. The number of alkyl halides is 3. The summed E-state index contributed by atoms with van der Waals surface area (Å²) < 4.78 is 39.3. The summed E-state index contributed by atoms with van der Waals surface area (Å²) in [5.74, 6) is -1.00. The highest BCUT2D eigenvalue weighted by Gasteiger charge is 2.33. The van der Waals surface area contributed by atoms with Crippen LogP contribution < -0.4 is 16.0 Å². The van der Waals surface area contributed by atoms with Crippen LogP contribution in [-0.2, 0) is 15.8 Å². The van der Waals surface area contributed by atoms with Crippen molar-refractivity contribution in [2.75, 3.05) is 49.9 Å². The van der Waals surface area contributed by atoms with Crippen molar-refractivity contribution in [2.24, 2.45) is 0 Å². The van der Waals surface area contributed by atoms with Gasteiger partial charge in [-0.25, -0.2) is 4.79 Å². The summed E-state index contributed by atoms with van der Waals surface area (Å²) in [6, 6.07) is 9.71. The van der Waals surface area contributed by atoms with Crippen LogP contribution in [0.5, 0.6) is 0 Å². The fraction of sp³-hybridized carbons (Fsp3) is 0.375. The zero-order valence-corrected chi connectivity index (χ0v) is 19.5. The second kappa shape index (κ2) is 11.3. The van der Waals surface area contributed by atoms with Crippen molar-refractivity contribution in [3.8, 4) is 0 Å². The number of aryl methyl sites for hydroxylation is 1. The molecule has 0 unspecified atom stereocenters. The van der Waals surface area contributed by atoms with Crippen molar-refractivity contribution < 1.29 is 27.6 Å². The van der Waals surface area contributed by atoms with Gasteiger partial charge in [0.25, 0.3) is 0 Å².